The van der Waals surface area contributed by atoms with Gasteiger partial charge in [-0.3, -0.25) is 4.72 Å². The second-order valence-corrected chi connectivity index (χ2v) is 9.49. The average Bonchev–Trinajstić information content (AvgIpc) is 2.81. The molecule has 0 atom stereocenters. The lowest BCUT2D eigenvalue weighted by Gasteiger charge is -2.20. The summed E-state index contributed by atoms with van der Waals surface area (Å²) in [5.41, 5.74) is 1.26. The molecule has 0 amide bonds. The first-order valence-corrected chi connectivity index (χ1v) is 13.1. The summed E-state index contributed by atoms with van der Waals surface area (Å²) < 4.78 is 33.7. The first-order valence-electron chi connectivity index (χ1n) is 11.6. The zero-order chi connectivity index (χ0) is 24.6. The number of aryl methyl sites for hydroxylation is 1. The second kappa shape index (κ2) is 11.7. The van der Waals surface area contributed by atoms with Crippen LogP contribution in [0.3, 0.4) is 0 Å². The van der Waals surface area contributed by atoms with E-state index in [2.05, 4.69) is 45.7 Å². The van der Waals surface area contributed by atoms with Gasteiger partial charge < -0.3 is 15.0 Å². The van der Waals surface area contributed by atoms with Crippen molar-refractivity contribution >= 4 is 33.0 Å². The van der Waals surface area contributed by atoms with E-state index >= 15 is 0 Å². The summed E-state index contributed by atoms with van der Waals surface area (Å²) in [6, 6.07) is 15.4. The van der Waals surface area contributed by atoms with Crippen LogP contribution in [-0.4, -0.2) is 38.1 Å². The highest BCUT2D eigenvalue weighted by molar-refractivity contribution is 7.92. The molecule has 0 unspecified atom stereocenters. The largest absolute Gasteiger partial charge is 0.494 e. The van der Waals surface area contributed by atoms with Gasteiger partial charge in [-0.2, -0.15) is 0 Å². The molecule has 0 bridgehead atoms. The fourth-order valence-electron chi connectivity index (χ4n) is 3.36. The van der Waals surface area contributed by atoms with Crippen molar-refractivity contribution in [1.82, 2.24) is 9.97 Å². The third kappa shape index (κ3) is 6.84. The maximum Gasteiger partial charge on any atom is 0.261 e. The van der Waals surface area contributed by atoms with E-state index in [1.807, 2.05) is 13.0 Å². The zero-order valence-corrected chi connectivity index (χ0v) is 21.0. The van der Waals surface area contributed by atoms with Gasteiger partial charge in [0.1, 0.15) is 23.2 Å². The number of sulfonamides is 1. The SMILES string of the molecule is CCCCOc1ccc(S(=O)(=O)Nc2ccc(Nc3cc(N(CC)CC)nc(C)n3)cc2)cc1. The van der Waals surface area contributed by atoms with Crippen LogP contribution >= 0.6 is 0 Å². The summed E-state index contributed by atoms with van der Waals surface area (Å²) in [5.74, 6) is 2.89. The molecule has 0 saturated carbocycles. The van der Waals surface area contributed by atoms with Crippen LogP contribution in [0.2, 0.25) is 0 Å². The van der Waals surface area contributed by atoms with Crippen LogP contribution in [0.1, 0.15) is 39.4 Å². The van der Waals surface area contributed by atoms with Crippen molar-refractivity contribution in [2.75, 3.05) is 34.6 Å². The number of aromatic nitrogens is 2. The molecule has 0 spiro atoms. The Morgan fingerprint density at radius 3 is 2.18 bits per heavy atom. The number of benzene rings is 2. The van der Waals surface area contributed by atoms with Crippen molar-refractivity contribution in [1.29, 1.82) is 0 Å². The summed E-state index contributed by atoms with van der Waals surface area (Å²) in [4.78, 5) is 11.3. The predicted molar refractivity (Wildman–Crippen MR) is 138 cm³/mol. The normalized spacial score (nSPS) is 11.2. The fourth-order valence-corrected chi connectivity index (χ4v) is 4.42. The average molecular weight is 484 g/mol. The molecule has 0 aliphatic rings. The number of hydrogen-bond acceptors (Lipinski definition) is 7. The maximum atomic E-state index is 12.8. The highest BCUT2D eigenvalue weighted by atomic mass is 32.2. The van der Waals surface area contributed by atoms with Gasteiger partial charge in [-0.15, -0.1) is 0 Å². The zero-order valence-electron chi connectivity index (χ0n) is 20.2. The van der Waals surface area contributed by atoms with E-state index in [1.54, 1.807) is 48.5 Å². The fraction of sp³-hybridized carbons (Fsp3) is 0.360. The summed E-state index contributed by atoms with van der Waals surface area (Å²) in [5, 5.41) is 3.27. The standard InChI is InChI=1S/C25H33N5O3S/c1-5-8-17-33-22-13-15-23(16-14-22)34(31,32)29-21-11-9-20(10-12-21)28-24-18-25(27-19(4)26-24)30(6-2)7-3/h9-16,18,29H,5-8,17H2,1-4H3,(H,26,27,28). The van der Waals surface area contributed by atoms with E-state index in [1.165, 1.54) is 0 Å². The Kier molecular flexibility index (Phi) is 8.70. The third-order valence-electron chi connectivity index (χ3n) is 5.22. The van der Waals surface area contributed by atoms with Crippen LogP contribution in [0, 0.1) is 6.92 Å². The molecule has 34 heavy (non-hydrogen) atoms. The molecular weight excluding hydrogens is 450 g/mol. The molecule has 1 aromatic heterocycles. The van der Waals surface area contributed by atoms with Gasteiger partial charge in [-0.25, -0.2) is 18.4 Å². The number of nitrogens with one attached hydrogen (secondary N) is 2. The molecule has 8 nitrogen and oxygen atoms in total. The number of unbranched alkanes of at least 4 members (excludes halogenated alkanes) is 1. The molecule has 1 heterocycles. The van der Waals surface area contributed by atoms with Gasteiger partial charge in [0.05, 0.1) is 11.5 Å². The lowest BCUT2D eigenvalue weighted by atomic mass is 10.3. The summed E-state index contributed by atoms with van der Waals surface area (Å²) >= 11 is 0. The van der Waals surface area contributed by atoms with Crippen molar-refractivity contribution in [3.8, 4) is 5.75 Å². The van der Waals surface area contributed by atoms with Crippen LogP contribution in [0.5, 0.6) is 5.75 Å². The Bertz CT molecular complexity index is 1160. The van der Waals surface area contributed by atoms with Gasteiger partial charge in [0, 0.05) is 30.5 Å². The Labute approximate surface area is 202 Å². The Morgan fingerprint density at radius 1 is 0.912 bits per heavy atom. The Balaban J connectivity index is 1.66. The number of ether oxygens (including phenoxy) is 1. The van der Waals surface area contributed by atoms with Crippen molar-refractivity contribution in [3.63, 3.8) is 0 Å². The Morgan fingerprint density at radius 2 is 1.56 bits per heavy atom. The first kappa shape index (κ1) is 25.3. The van der Waals surface area contributed by atoms with Gasteiger partial charge in [-0.1, -0.05) is 13.3 Å². The minimum Gasteiger partial charge on any atom is -0.494 e. The summed E-state index contributed by atoms with van der Waals surface area (Å²) in [7, 11) is -3.71. The van der Waals surface area contributed by atoms with Crippen LogP contribution < -0.4 is 19.7 Å². The number of anilines is 4. The molecule has 0 radical (unpaired) electrons. The van der Waals surface area contributed by atoms with Crippen molar-refractivity contribution in [3.05, 3.63) is 60.4 Å². The minimum absolute atomic E-state index is 0.179. The molecule has 9 heteroatoms. The molecule has 2 aromatic carbocycles. The molecule has 0 fully saturated rings. The highest BCUT2D eigenvalue weighted by Crippen LogP contribution is 2.23. The lowest BCUT2D eigenvalue weighted by Crippen LogP contribution is -2.23. The molecule has 3 rings (SSSR count). The van der Waals surface area contributed by atoms with E-state index in [0.717, 1.165) is 37.4 Å². The molecule has 2 N–H and O–H groups in total. The van der Waals surface area contributed by atoms with E-state index in [-0.39, 0.29) is 4.90 Å². The topological polar surface area (TPSA) is 96.5 Å². The van der Waals surface area contributed by atoms with Crippen LogP contribution in [-0.2, 0) is 10.0 Å². The minimum atomic E-state index is -3.71. The quantitative estimate of drug-likeness (QED) is 0.335. The van der Waals surface area contributed by atoms with Crippen molar-refractivity contribution in [2.24, 2.45) is 0 Å². The lowest BCUT2D eigenvalue weighted by molar-refractivity contribution is 0.309. The van der Waals surface area contributed by atoms with Crippen LogP contribution in [0.25, 0.3) is 0 Å². The highest BCUT2D eigenvalue weighted by Gasteiger charge is 2.14. The number of nitrogens with zero attached hydrogens (tertiary/aromatic N) is 3. The second-order valence-electron chi connectivity index (χ2n) is 7.81. The predicted octanol–water partition coefficient (Wildman–Crippen LogP) is 5.35. The van der Waals surface area contributed by atoms with Gasteiger partial charge in [-0.05, 0) is 75.7 Å². The van der Waals surface area contributed by atoms with E-state index < -0.39 is 10.0 Å². The van der Waals surface area contributed by atoms with Crippen LogP contribution in [0.4, 0.5) is 23.0 Å². The van der Waals surface area contributed by atoms with Gasteiger partial charge in [0.25, 0.3) is 10.0 Å². The van der Waals surface area contributed by atoms with Crippen molar-refractivity contribution < 1.29 is 13.2 Å². The van der Waals surface area contributed by atoms with Crippen molar-refractivity contribution in [2.45, 2.75) is 45.4 Å². The smallest absolute Gasteiger partial charge is 0.261 e. The Hall–Kier alpha value is -3.33. The third-order valence-corrected chi connectivity index (χ3v) is 6.62. The molecular formula is C25H33N5O3S. The summed E-state index contributed by atoms with van der Waals surface area (Å²) in [6.45, 7) is 10.5. The van der Waals surface area contributed by atoms with E-state index in [0.29, 0.717) is 29.7 Å². The molecule has 0 aliphatic carbocycles. The van der Waals surface area contributed by atoms with Gasteiger partial charge in [0.2, 0.25) is 0 Å². The summed E-state index contributed by atoms with van der Waals surface area (Å²) in [6.07, 6.45) is 2.00. The van der Waals surface area contributed by atoms with Gasteiger partial charge in [0.15, 0.2) is 0 Å². The molecule has 0 saturated heterocycles. The number of hydrogen-bond donors (Lipinski definition) is 2. The maximum absolute atomic E-state index is 12.8. The van der Waals surface area contributed by atoms with E-state index in [4.69, 9.17) is 4.74 Å². The van der Waals surface area contributed by atoms with Gasteiger partial charge >= 0.3 is 0 Å². The number of rotatable bonds is 12. The first-order chi connectivity index (χ1) is 16.3. The van der Waals surface area contributed by atoms with E-state index in [9.17, 15) is 8.42 Å². The molecule has 3 aromatic rings. The molecule has 0 aliphatic heterocycles. The van der Waals surface area contributed by atoms with Crippen LogP contribution in [0.15, 0.2) is 59.5 Å². The monoisotopic (exact) mass is 483 g/mol. The molecule has 182 valence electrons.